The van der Waals surface area contributed by atoms with E-state index in [0.717, 1.165) is 23.0 Å². The Morgan fingerprint density at radius 1 is 1.25 bits per heavy atom. The summed E-state index contributed by atoms with van der Waals surface area (Å²) in [6.07, 6.45) is 1.47. The average molecular weight is 356 g/mol. The first-order valence-corrected chi connectivity index (χ1v) is 9.26. The Kier molecular flexibility index (Phi) is 8.31. The van der Waals surface area contributed by atoms with Gasteiger partial charge in [0.15, 0.2) is 5.16 Å². The molecule has 0 spiro atoms. The molecule has 1 heterocycles. The van der Waals surface area contributed by atoms with Gasteiger partial charge < -0.3 is 15.0 Å². The molecule has 0 saturated carbocycles. The number of imidazole rings is 1. The van der Waals surface area contributed by atoms with Crippen LogP contribution in [-0.4, -0.2) is 40.7 Å². The summed E-state index contributed by atoms with van der Waals surface area (Å²) in [5.74, 6) is 0.420. The summed E-state index contributed by atoms with van der Waals surface area (Å²) >= 11 is 1.34. The number of hydrogen-bond acceptors (Lipinski definition) is 5. The summed E-state index contributed by atoms with van der Waals surface area (Å²) in [6, 6.07) is -0.599. The number of nitrogens with zero attached hydrogens (tertiary/aromatic N) is 1. The van der Waals surface area contributed by atoms with E-state index in [9.17, 15) is 9.59 Å². The van der Waals surface area contributed by atoms with Crippen molar-refractivity contribution in [3.05, 3.63) is 11.4 Å². The van der Waals surface area contributed by atoms with Crippen molar-refractivity contribution in [3.63, 3.8) is 0 Å². The fourth-order valence-electron chi connectivity index (χ4n) is 2.32. The van der Waals surface area contributed by atoms with E-state index in [1.54, 1.807) is 0 Å². The van der Waals surface area contributed by atoms with Crippen molar-refractivity contribution in [1.82, 2.24) is 15.3 Å². The minimum Gasteiger partial charge on any atom is -0.467 e. The van der Waals surface area contributed by atoms with Gasteiger partial charge in [-0.05, 0) is 31.6 Å². The first-order valence-electron chi connectivity index (χ1n) is 8.28. The maximum absolute atomic E-state index is 12.1. The van der Waals surface area contributed by atoms with Gasteiger partial charge in [0.25, 0.3) is 0 Å². The molecule has 24 heavy (non-hydrogen) atoms. The van der Waals surface area contributed by atoms with Crippen LogP contribution in [-0.2, 0) is 20.7 Å². The van der Waals surface area contributed by atoms with Gasteiger partial charge >= 0.3 is 5.97 Å². The number of amides is 1. The average Bonchev–Trinajstić information content (AvgIpc) is 2.82. The zero-order chi connectivity index (χ0) is 18.3. The van der Waals surface area contributed by atoms with Gasteiger partial charge in [-0.3, -0.25) is 4.79 Å². The zero-order valence-electron chi connectivity index (χ0n) is 15.4. The Morgan fingerprint density at radius 3 is 2.46 bits per heavy atom. The van der Waals surface area contributed by atoms with Gasteiger partial charge in [-0.1, -0.05) is 39.5 Å². The van der Waals surface area contributed by atoms with E-state index >= 15 is 0 Å². The van der Waals surface area contributed by atoms with E-state index in [2.05, 4.69) is 29.1 Å². The number of rotatable bonds is 9. The number of carbonyl (C=O) groups is 2. The van der Waals surface area contributed by atoms with Crippen LogP contribution in [0.2, 0.25) is 0 Å². The molecule has 1 amide bonds. The number of thioether (sulfide) groups is 1. The lowest BCUT2D eigenvalue weighted by molar-refractivity contribution is -0.145. The number of carbonyl (C=O) groups excluding carboxylic acids is 2. The lowest BCUT2D eigenvalue weighted by Crippen LogP contribution is -2.43. The van der Waals surface area contributed by atoms with E-state index in [1.165, 1.54) is 18.9 Å². The van der Waals surface area contributed by atoms with Crippen LogP contribution in [0.15, 0.2) is 5.16 Å². The lowest BCUT2D eigenvalue weighted by atomic mass is 10.0. The number of esters is 1. The molecule has 0 saturated heterocycles. The normalized spacial score (nSPS) is 12.5. The molecule has 136 valence electrons. The molecule has 7 heteroatoms. The van der Waals surface area contributed by atoms with Crippen LogP contribution in [0.1, 0.15) is 45.5 Å². The van der Waals surface area contributed by atoms with Gasteiger partial charge in [-0.15, -0.1) is 0 Å². The third-order valence-electron chi connectivity index (χ3n) is 3.43. The molecule has 1 aromatic heterocycles. The van der Waals surface area contributed by atoms with Crippen molar-refractivity contribution in [2.45, 2.75) is 58.7 Å². The van der Waals surface area contributed by atoms with Crippen LogP contribution >= 0.6 is 11.8 Å². The Morgan fingerprint density at radius 2 is 1.92 bits per heavy atom. The summed E-state index contributed by atoms with van der Waals surface area (Å²) in [5, 5.41) is 3.48. The van der Waals surface area contributed by atoms with Gasteiger partial charge in [0.2, 0.25) is 5.91 Å². The van der Waals surface area contributed by atoms with Crippen molar-refractivity contribution < 1.29 is 14.3 Å². The summed E-state index contributed by atoms with van der Waals surface area (Å²) in [7, 11) is 1.33. The largest absolute Gasteiger partial charge is 0.467 e. The summed E-state index contributed by atoms with van der Waals surface area (Å²) in [5.41, 5.74) is 2.08. The van der Waals surface area contributed by atoms with E-state index < -0.39 is 12.0 Å². The van der Waals surface area contributed by atoms with E-state index in [4.69, 9.17) is 4.74 Å². The third kappa shape index (κ3) is 6.95. The molecular weight excluding hydrogens is 326 g/mol. The quantitative estimate of drug-likeness (QED) is 0.525. The molecule has 0 radical (unpaired) electrons. The standard InChI is InChI=1S/C17H29N3O3S/c1-10(2)7-13-12(5)18-17(20-13)24-9-15(21)19-14(8-11(3)4)16(22)23-6/h10-11,14H,7-9H2,1-6H3,(H,18,20)(H,19,21)/t14-/m0/s1. The maximum atomic E-state index is 12.1. The predicted molar refractivity (Wildman–Crippen MR) is 96.0 cm³/mol. The monoisotopic (exact) mass is 355 g/mol. The second-order valence-electron chi connectivity index (χ2n) is 6.77. The summed E-state index contributed by atoms with van der Waals surface area (Å²) < 4.78 is 4.75. The van der Waals surface area contributed by atoms with Gasteiger partial charge in [-0.25, -0.2) is 9.78 Å². The van der Waals surface area contributed by atoms with E-state index in [1.807, 2.05) is 20.8 Å². The first kappa shape index (κ1) is 20.5. The van der Waals surface area contributed by atoms with Gasteiger partial charge in [0.1, 0.15) is 6.04 Å². The topological polar surface area (TPSA) is 84.1 Å². The summed E-state index contributed by atoms with van der Waals surface area (Å²) in [4.78, 5) is 31.6. The second kappa shape index (κ2) is 9.71. The fourth-order valence-corrected chi connectivity index (χ4v) is 3.07. The van der Waals surface area contributed by atoms with E-state index in [0.29, 0.717) is 12.3 Å². The first-order chi connectivity index (χ1) is 11.2. The maximum Gasteiger partial charge on any atom is 0.328 e. The molecular formula is C17H29N3O3S. The highest BCUT2D eigenvalue weighted by molar-refractivity contribution is 7.99. The molecule has 1 atom stereocenters. The molecule has 0 aliphatic rings. The molecule has 0 aromatic carbocycles. The Bertz CT molecular complexity index is 555. The number of nitrogens with one attached hydrogen (secondary N) is 2. The van der Waals surface area contributed by atoms with Crippen LogP contribution in [0.5, 0.6) is 0 Å². The lowest BCUT2D eigenvalue weighted by Gasteiger charge is -2.18. The molecule has 2 N–H and O–H groups in total. The molecule has 0 fully saturated rings. The van der Waals surface area contributed by atoms with Crippen molar-refractivity contribution in [2.24, 2.45) is 11.8 Å². The second-order valence-corrected chi connectivity index (χ2v) is 7.74. The van der Waals surface area contributed by atoms with Crippen LogP contribution in [0.25, 0.3) is 0 Å². The van der Waals surface area contributed by atoms with Crippen molar-refractivity contribution >= 4 is 23.6 Å². The van der Waals surface area contributed by atoms with Crippen LogP contribution in [0.3, 0.4) is 0 Å². The number of aromatic amines is 1. The molecule has 0 aliphatic carbocycles. The zero-order valence-corrected chi connectivity index (χ0v) is 16.3. The minimum absolute atomic E-state index is 0.199. The number of methoxy groups -OCH3 is 1. The summed E-state index contributed by atoms with van der Waals surface area (Å²) in [6.45, 7) is 10.3. The SMILES string of the molecule is COC(=O)[C@H](CC(C)C)NC(=O)CSc1nc(CC(C)C)c(C)[nH]1. The molecule has 0 unspecified atom stereocenters. The molecule has 1 aromatic rings. The third-order valence-corrected chi connectivity index (χ3v) is 4.31. The highest BCUT2D eigenvalue weighted by Crippen LogP contribution is 2.18. The van der Waals surface area contributed by atoms with Crippen molar-refractivity contribution in [2.75, 3.05) is 12.9 Å². The minimum atomic E-state index is -0.599. The number of H-pyrrole nitrogens is 1. The Balaban J connectivity index is 2.57. The molecule has 1 rings (SSSR count). The number of hydrogen-bond donors (Lipinski definition) is 2. The smallest absolute Gasteiger partial charge is 0.328 e. The number of aryl methyl sites for hydroxylation is 1. The molecule has 6 nitrogen and oxygen atoms in total. The van der Waals surface area contributed by atoms with E-state index in [-0.39, 0.29) is 17.6 Å². The molecule has 0 bridgehead atoms. The van der Waals surface area contributed by atoms with Crippen LogP contribution < -0.4 is 5.32 Å². The van der Waals surface area contributed by atoms with Gasteiger partial charge in [0, 0.05) is 5.69 Å². The van der Waals surface area contributed by atoms with Crippen LogP contribution in [0.4, 0.5) is 0 Å². The van der Waals surface area contributed by atoms with Crippen molar-refractivity contribution in [3.8, 4) is 0 Å². The van der Waals surface area contributed by atoms with Crippen molar-refractivity contribution in [1.29, 1.82) is 0 Å². The Labute approximate surface area is 148 Å². The van der Waals surface area contributed by atoms with Crippen LogP contribution in [0, 0.1) is 18.8 Å². The number of ether oxygens (including phenoxy) is 1. The highest BCUT2D eigenvalue weighted by atomic mass is 32.2. The highest BCUT2D eigenvalue weighted by Gasteiger charge is 2.22. The van der Waals surface area contributed by atoms with Gasteiger partial charge in [-0.2, -0.15) is 0 Å². The molecule has 0 aliphatic heterocycles. The number of aromatic nitrogens is 2. The van der Waals surface area contributed by atoms with Gasteiger partial charge in [0.05, 0.1) is 18.6 Å². The predicted octanol–water partition coefficient (Wildman–Crippen LogP) is 2.71. The fraction of sp³-hybridized carbons (Fsp3) is 0.706. The Hall–Kier alpha value is -1.50.